The second-order valence-electron chi connectivity index (χ2n) is 5.37. The van der Waals surface area contributed by atoms with Gasteiger partial charge in [0, 0.05) is 0 Å². The lowest BCUT2D eigenvalue weighted by Gasteiger charge is -2.22. The number of nitrogens with zero attached hydrogens (tertiary/aromatic N) is 2. The van der Waals surface area contributed by atoms with Crippen LogP contribution in [0.1, 0.15) is 32.0 Å². The second-order valence-corrected chi connectivity index (χ2v) is 5.75. The molecule has 0 spiro atoms. The van der Waals surface area contributed by atoms with Crippen LogP contribution in [0.4, 0.5) is 0 Å². The Labute approximate surface area is 118 Å². The van der Waals surface area contributed by atoms with Crippen LogP contribution < -0.4 is 4.74 Å². The van der Waals surface area contributed by atoms with Crippen LogP contribution in [0.15, 0.2) is 36.7 Å². The Morgan fingerprint density at radius 3 is 2.47 bits per heavy atom. The molecule has 0 saturated heterocycles. The van der Waals surface area contributed by atoms with E-state index in [0.717, 1.165) is 11.4 Å². The monoisotopic (exact) mass is 276 g/mol. The van der Waals surface area contributed by atoms with Crippen LogP contribution in [0, 0.1) is 0 Å². The van der Waals surface area contributed by atoms with Crippen LogP contribution in [-0.4, -0.2) is 9.97 Å². The summed E-state index contributed by atoms with van der Waals surface area (Å²) in [7, 11) is 0. The van der Waals surface area contributed by atoms with E-state index in [9.17, 15) is 0 Å². The van der Waals surface area contributed by atoms with Crippen molar-refractivity contribution < 1.29 is 4.74 Å². The quantitative estimate of drug-likeness (QED) is 0.850. The SMILES string of the molecule is CC(C)(C)c1ccccc1OCc1cnc(Cl)cn1. The van der Waals surface area contributed by atoms with Crippen molar-refractivity contribution in [3.63, 3.8) is 0 Å². The minimum absolute atomic E-state index is 0.0439. The van der Waals surface area contributed by atoms with Gasteiger partial charge in [-0.05, 0) is 17.0 Å². The van der Waals surface area contributed by atoms with Gasteiger partial charge in [0.15, 0.2) is 0 Å². The Hall–Kier alpha value is -1.61. The molecule has 100 valence electrons. The molecule has 0 aliphatic carbocycles. The van der Waals surface area contributed by atoms with Gasteiger partial charge in [0.1, 0.15) is 17.5 Å². The summed E-state index contributed by atoms with van der Waals surface area (Å²) in [6, 6.07) is 8.06. The molecule has 0 radical (unpaired) electrons. The number of hydrogen-bond donors (Lipinski definition) is 0. The fourth-order valence-corrected chi connectivity index (χ4v) is 1.87. The van der Waals surface area contributed by atoms with E-state index in [2.05, 4.69) is 36.8 Å². The van der Waals surface area contributed by atoms with Gasteiger partial charge >= 0.3 is 0 Å². The molecule has 0 N–H and O–H groups in total. The highest BCUT2D eigenvalue weighted by Crippen LogP contribution is 2.31. The van der Waals surface area contributed by atoms with E-state index in [1.54, 1.807) is 6.20 Å². The van der Waals surface area contributed by atoms with E-state index >= 15 is 0 Å². The van der Waals surface area contributed by atoms with Crippen LogP contribution in [0.25, 0.3) is 0 Å². The lowest BCUT2D eigenvalue weighted by Crippen LogP contribution is -2.13. The number of aromatic nitrogens is 2. The molecule has 1 aromatic heterocycles. The highest BCUT2D eigenvalue weighted by atomic mass is 35.5. The lowest BCUT2D eigenvalue weighted by atomic mass is 9.86. The number of para-hydroxylation sites is 1. The van der Waals surface area contributed by atoms with Crippen molar-refractivity contribution in [2.45, 2.75) is 32.8 Å². The third-order valence-corrected chi connectivity index (χ3v) is 2.94. The van der Waals surface area contributed by atoms with Gasteiger partial charge in [0.2, 0.25) is 0 Å². The van der Waals surface area contributed by atoms with Gasteiger partial charge < -0.3 is 4.74 Å². The molecule has 0 aliphatic heterocycles. The number of rotatable bonds is 3. The van der Waals surface area contributed by atoms with Gasteiger partial charge in [0.05, 0.1) is 18.1 Å². The first kappa shape index (κ1) is 13.8. The Morgan fingerprint density at radius 2 is 1.84 bits per heavy atom. The maximum Gasteiger partial charge on any atom is 0.147 e. The van der Waals surface area contributed by atoms with Crippen molar-refractivity contribution in [3.05, 3.63) is 53.1 Å². The van der Waals surface area contributed by atoms with Gasteiger partial charge in [0.25, 0.3) is 0 Å². The smallest absolute Gasteiger partial charge is 0.147 e. The zero-order chi connectivity index (χ0) is 13.9. The first-order valence-corrected chi connectivity index (χ1v) is 6.53. The van der Waals surface area contributed by atoms with Gasteiger partial charge in [-0.1, -0.05) is 50.6 Å². The van der Waals surface area contributed by atoms with E-state index < -0.39 is 0 Å². The van der Waals surface area contributed by atoms with Gasteiger partial charge in [-0.3, -0.25) is 4.98 Å². The highest BCUT2D eigenvalue weighted by Gasteiger charge is 2.18. The Morgan fingerprint density at radius 1 is 1.11 bits per heavy atom. The topological polar surface area (TPSA) is 35.0 Å². The van der Waals surface area contributed by atoms with E-state index in [1.165, 1.54) is 11.8 Å². The van der Waals surface area contributed by atoms with Gasteiger partial charge in [-0.15, -0.1) is 0 Å². The van der Waals surface area contributed by atoms with Gasteiger partial charge in [-0.25, -0.2) is 4.98 Å². The largest absolute Gasteiger partial charge is 0.487 e. The van der Waals surface area contributed by atoms with Crippen LogP contribution in [0.5, 0.6) is 5.75 Å². The van der Waals surface area contributed by atoms with E-state index in [1.807, 2.05) is 18.2 Å². The molecule has 2 rings (SSSR count). The Kier molecular flexibility index (Phi) is 4.05. The third-order valence-electron chi connectivity index (χ3n) is 2.74. The van der Waals surface area contributed by atoms with Crippen molar-refractivity contribution in [2.24, 2.45) is 0 Å². The van der Waals surface area contributed by atoms with Crippen LogP contribution >= 0.6 is 11.6 Å². The van der Waals surface area contributed by atoms with Crippen LogP contribution in [-0.2, 0) is 12.0 Å². The predicted octanol–water partition coefficient (Wildman–Crippen LogP) is 4.01. The fourth-order valence-electron chi connectivity index (χ4n) is 1.78. The van der Waals surface area contributed by atoms with Gasteiger partial charge in [-0.2, -0.15) is 0 Å². The first-order chi connectivity index (χ1) is 8.97. The standard InChI is InChI=1S/C15H17ClN2O/c1-15(2,3)12-6-4-5-7-13(12)19-10-11-8-18-14(16)9-17-11/h4-9H,10H2,1-3H3. The van der Waals surface area contributed by atoms with Crippen molar-refractivity contribution in [2.75, 3.05) is 0 Å². The van der Waals surface area contributed by atoms with E-state index in [0.29, 0.717) is 11.8 Å². The predicted molar refractivity (Wildman–Crippen MR) is 76.5 cm³/mol. The molecule has 0 saturated carbocycles. The molecule has 0 fully saturated rings. The molecular formula is C15H17ClN2O. The number of benzene rings is 1. The first-order valence-electron chi connectivity index (χ1n) is 6.15. The minimum atomic E-state index is 0.0439. The number of ether oxygens (including phenoxy) is 1. The van der Waals surface area contributed by atoms with Crippen LogP contribution in [0.3, 0.4) is 0 Å². The molecule has 0 amide bonds. The summed E-state index contributed by atoms with van der Waals surface area (Å²) in [6.07, 6.45) is 3.15. The number of hydrogen-bond acceptors (Lipinski definition) is 3. The zero-order valence-corrected chi connectivity index (χ0v) is 12.1. The summed E-state index contributed by atoms with van der Waals surface area (Å²) in [5, 5.41) is 0.388. The lowest BCUT2D eigenvalue weighted by molar-refractivity contribution is 0.292. The molecule has 0 unspecified atom stereocenters. The fraction of sp³-hybridized carbons (Fsp3) is 0.333. The molecule has 1 aromatic carbocycles. The molecule has 2 aromatic rings. The summed E-state index contributed by atoms with van der Waals surface area (Å²) < 4.78 is 5.84. The molecule has 4 heteroatoms. The average molecular weight is 277 g/mol. The third kappa shape index (κ3) is 3.67. The van der Waals surface area contributed by atoms with Crippen molar-refractivity contribution in [1.29, 1.82) is 0 Å². The molecule has 19 heavy (non-hydrogen) atoms. The Balaban J connectivity index is 2.14. The maximum absolute atomic E-state index is 5.84. The summed E-state index contributed by atoms with van der Waals surface area (Å²) >= 11 is 5.70. The van der Waals surface area contributed by atoms with E-state index in [-0.39, 0.29) is 5.41 Å². The molecule has 1 heterocycles. The van der Waals surface area contributed by atoms with Crippen molar-refractivity contribution >= 4 is 11.6 Å². The summed E-state index contributed by atoms with van der Waals surface area (Å²) in [5.41, 5.74) is 1.98. The summed E-state index contributed by atoms with van der Waals surface area (Å²) in [5.74, 6) is 0.881. The molecule has 0 atom stereocenters. The molecule has 0 aliphatic rings. The van der Waals surface area contributed by atoms with Crippen molar-refractivity contribution in [1.82, 2.24) is 9.97 Å². The van der Waals surface area contributed by atoms with E-state index in [4.69, 9.17) is 16.3 Å². The zero-order valence-electron chi connectivity index (χ0n) is 11.4. The summed E-state index contributed by atoms with van der Waals surface area (Å²) in [6.45, 7) is 6.88. The second kappa shape index (κ2) is 5.57. The maximum atomic E-state index is 5.84. The minimum Gasteiger partial charge on any atom is -0.487 e. The summed E-state index contributed by atoms with van der Waals surface area (Å²) in [4.78, 5) is 8.15. The van der Waals surface area contributed by atoms with Crippen molar-refractivity contribution in [3.8, 4) is 5.75 Å². The number of halogens is 1. The Bertz CT molecular complexity index is 547. The molecular weight excluding hydrogens is 260 g/mol. The average Bonchev–Trinajstić information content (AvgIpc) is 2.37. The normalized spacial score (nSPS) is 11.4. The molecule has 3 nitrogen and oxygen atoms in total. The van der Waals surface area contributed by atoms with Crippen LogP contribution in [0.2, 0.25) is 5.15 Å². The highest BCUT2D eigenvalue weighted by molar-refractivity contribution is 6.29. The molecule has 0 bridgehead atoms.